The fraction of sp³-hybridized carbons (Fsp3) is 0.429. The molecule has 4 rings (SSSR count). The zero-order valence-electron chi connectivity index (χ0n) is 18.0. The van der Waals surface area contributed by atoms with Crippen LogP contribution in [-0.2, 0) is 5.54 Å². The van der Waals surface area contributed by atoms with Crippen molar-refractivity contribution in [3.8, 4) is 17.2 Å². The summed E-state index contributed by atoms with van der Waals surface area (Å²) in [5.74, 6) is 0.425. The number of aryl methyl sites for hydroxylation is 2. The van der Waals surface area contributed by atoms with Crippen LogP contribution in [0.1, 0.15) is 42.1 Å². The molecule has 0 spiro atoms. The summed E-state index contributed by atoms with van der Waals surface area (Å²) in [5, 5.41) is 24.1. The van der Waals surface area contributed by atoms with E-state index in [4.69, 9.17) is 0 Å². The second-order valence-electron chi connectivity index (χ2n) is 8.29. The van der Waals surface area contributed by atoms with E-state index in [0.717, 1.165) is 22.5 Å². The maximum atomic E-state index is 12.1. The van der Waals surface area contributed by atoms with Crippen molar-refractivity contribution in [3.63, 3.8) is 0 Å². The molecule has 1 aliphatic rings. The number of hydrogen-bond donors (Lipinski definition) is 2. The summed E-state index contributed by atoms with van der Waals surface area (Å²) in [6.45, 7) is 8.88. The highest BCUT2D eigenvalue weighted by Gasteiger charge is 2.46. The summed E-state index contributed by atoms with van der Waals surface area (Å²) in [5.41, 5.74) is 3.75. The van der Waals surface area contributed by atoms with Gasteiger partial charge >= 0.3 is 0 Å². The quantitative estimate of drug-likeness (QED) is 0.625. The Morgan fingerprint density at radius 1 is 1.29 bits per heavy atom. The van der Waals surface area contributed by atoms with E-state index < -0.39 is 5.54 Å². The molecule has 3 aromatic rings. The van der Waals surface area contributed by atoms with Gasteiger partial charge in [0.25, 0.3) is 5.91 Å². The third kappa shape index (κ3) is 3.74. The fourth-order valence-corrected chi connectivity index (χ4v) is 3.94. The molecular weight excluding hydrogens is 394 g/mol. The number of nitrogens with zero attached hydrogens (tertiary/aromatic N) is 7. The smallest absolute Gasteiger partial charge is 0.271 e. The van der Waals surface area contributed by atoms with E-state index in [-0.39, 0.29) is 17.6 Å². The maximum absolute atomic E-state index is 12.1. The third-order valence-corrected chi connectivity index (χ3v) is 5.48. The lowest BCUT2D eigenvalue weighted by Crippen LogP contribution is -2.63. The molecule has 0 unspecified atom stereocenters. The van der Waals surface area contributed by atoms with Gasteiger partial charge in [0.1, 0.15) is 17.1 Å². The highest BCUT2D eigenvalue weighted by molar-refractivity contribution is 5.92. The Labute approximate surface area is 180 Å². The number of nitriles is 1. The molecule has 1 saturated heterocycles. The Balaban J connectivity index is 1.51. The molecule has 1 aliphatic heterocycles. The average Bonchev–Trinajstić information content (AvgIpc) is 3.30. The van der Waals surface area contributed by atoms with Crippen LogP contribution in [0, 0.1) is 25.2 Å². The van der Waals surface area contributed by atoms with Crippen molar-refractivity contribution in [2.45, 2.75) is 45.7 Å². The minimum absolute atomic E-state index is 0.0320. The molecule has 0 aliphatic carbocycles. The molecule has 4 heterocycles. The normalized spacial score (nSPS) is 14.9. The predicted octanol–water partition coefficient (Wildman–Crippen LogP) is 1.95. The van der Waals surface area contributed by atoms with E-state index in [1.165, 1.54) is 6.20 Å². The number of H-pyrrole nitrogens is 1. The summed E-state index contributed by atoms with van der Waals surface area (Å²) in [6, 6.07) is 2.33. The van der Waals surface area contributed by atoms with Crippen LogP contribution in [-0.4, -0.2) is 55.0 Å². The highest BCUT2D eigenvalue weighted by Crippen LogP contribution is 2.36. The summed E-state index contributed by atoms with van der Waals surface area (Å²) in [4.78, 5) is 22.7. The Morgan fingerprint density at radius 2 is 2.06 bits per heavy atom. The fourth-order valence-electron chi connectivity index (χ4n) is 3.94. The standard InChI is InChI=1S/C21H25N9O/c1-13(2)26-20(31)17-8-24-18(9-23-17)29-11-21(12-29,5-6-22)30-10-16(7-25-30)19-14(3)27-28-15(19)4/h7-10,13H,5,11-12H2,1-4H3,(H,26,31)(H,27,28). The number of anilines is 1. The van der Waals surface area contributed by atoms with E-state index in [9.17, 15) is 10.1 Å². The molecular formula is C21H25N9O. The van der Waals surface area contributed by atoms with Crippen molar-refractivity contribution in [3.05, 3.63) is 41.9 Å². The molecule has 0 aromatic carbocycles. The summed E-state index contributed by atoms with van der Waals surface area (Å²) in [6.07, 6.45) is 7.20. The van der Waals surface area contributed by atoms with Gasteiger partial charge in [-0.25, -0.2) is 9.97 Å². The highest BCUT2D eigenvalue weighted by atomic mass is 16.1. The molecule has 31 heavy (non-hydrogen) atoms. The minimum atomic E-state index is -0.437. The van der Waals surface area contributed by atoms with Crippen molar-refractivity contribution >= 4 is 11.7 Å². The van der Waals surface area contributed by atoms with Crippen LogP contribution < -0.4 is 10.2 Å². The summed E-state index contributed by atoms with van der Waals surface area (Å²) < 4.78 is 1.88. The van der Waals surface area contributed by atoms with Crippen LogP contribution in [0.15, 0.2) is 24.8 Å². The third-order valence-electron chi connectivity index (χ3n) is 5.48. The van der Waals surface area contributed by atoms with Crippen LogP contribution in [0.4, 0.5) is 5.82 Å². The summed E-state index contributed by atoms with van der Waals surface area (Å²) >= 11 is 0. The molecule has 0 atom stereocenters. The maximum Gasteiger partial charge on any atom is 0.271 e. The van der Waals surface area contributed by atoms with E-state index in [2.05, 4.69) is 36.7 Å². The number of nitrogens with one attached hydrogen (secondary N) is 2. The Morgan fingerprint density at radius 3 is 2.65 bits per heavy atom. The van der Waals surface area contributed by atoms with Gasteiger partial charge in [-0.05, 0) is 27.7 Å². The second-order valence-corrected chi connectivity index (χ2v) is 8.29. The number of carbonyl (C=O) groups is 1. The minimum Gasteiger partial charge on any atom is -0.350 e. The number of carbonyl (C=O) groups excluding carboxylic acids is 1. The lowest BCUT2D eigenvalue weighted by atomic mass is 9.87. The molecule has 0 saturated carbocycles. The second kappa shape index (κ2) is 7.83. The molecule has 1 amide bonds. The van der Waals surface area contributed by atoms with Gasteiger partial charge in [-0.2, -0.15) is 15.5 Å². The van der Waals surface area contributed by atoms with E-state index in [1.807, 2.05) is 49.7 Å². The lowest BCUT2D eigenvalue weighted by Gasteiger charge is -2.49. The number of aromatic amines is 1. The van der Waals surface area contributed by atoms with Crippen LogP contribution in [0.3, 0.4) is 0 Å². The number of hydrogen-bond acceptors (Lipinski definition) is 7. The van der Waals surface area contributed by atoms with Crippen molar-refractivity contribution in [1.29, 1.82) is 5.26 Å². The van der Waals surface area contributed by atoms with Gasteiger partial charge in [0.15, 0.2) is 0 Å². The van der Waals surface area contributed by atoms with Gasteiger partial charge in [-0.1, -0.05) is 0 Å². The van der Waals surface area contributed by atoms with E-state index in [1.54, 1.807) is 6.20 Å². The van der Waals surface area contributed by atoms with Crippen LogP contribution in [0.2, 0.25) is 0 Å². The van der Waals surface area contributed by atoms with E-state index >= 15 is 0 Å². The first kappa shape index (κ1) is 20.5. The van der Waals surface area contributed by atoms with Gasteiger partial charge in [0.05, 0.1) is 36.8 Å². The molecule has 10 heteroatoms. The predicted molar refractivity (Wildman–Crippen MR) is 114 cm³/mol. The van der Waals surface area contributed by atoms with Crippen molar-refractivity contribution in [2.24, 2.45) is 0 Å². The van der Waals surface area contributed by atoms with Crippen LogP contribution >= 0.6 is 0 Å². The zero-order valence-corrected chi connectivity index (χ0v) is 18.0. The SMILES string of the molecule is Cc1n[nH]c(C)c1-c1cnn(C2(CC#N)CN(c3cnc(C(=O)NC(C)C)cn3)C2)c1. The monoisotopic (exact) mass is 419 g/mol. The Hall–Kier alpha value is -3.74. The first-order chi connectivity index (χ1) is 14.8. The largest absolute Gasteiger partial charge is 0.350 e. The molecule has 2 N–H and O–H groups in total. The zero-order chi connectivity index (χ0) is 22.2. The van der Waals surface area contributed by atoms with Gasteiger partial charge < -0.3 is 10.2 Å². The Kier molecular flexibility index (Phi) is 5.19. The first-order valence-electron chi connectivity index (χ1n) is 10.1. The van der Waals surface area contributed by atoms with Crippen molar-refractivity contribution in [2.75, 3.05) is 18.0 Å². The average molecular weight is 419 g/mol. The number of aromatic nitrogens is 6. The van der Waals surface area contributed by atoms with Gasteiger partial charge in [0, 0.05) is 42.1 Å². The molecule has 160 valence electrons. The number of amides is 1. The molecule has 3 aromatic heterocycles. The topological polar surface area (TPSA) is 128 Å². The van der Waals surface area contributed by atoms with Gasteiger partial charge in [0.2, 0.25) is 0 Å². The van der Waals surface area contributed by atoms with Gasteiger partial charge in [-0.3, -0.25) is 14.6 Å². The Bertz CT molecular complexity index is 1110. The lowest BCUT2D eigenvalue weighted by molar-refractivity contribution is 0.0937. The van der Waals surface area contributed by atoms with E-state index in [0.29, 0.717) is 25.3 Å². The van der Waals surface area contributed by atoms with Gasteiger partial charge in [-0.15, -0.1) is 0 Å². The molecule has 0 radical (unpaired) electrons. The van der Waals surface area contributed by atoms with Crippen LogP contribution in [0.5, 0.6) is 0 Å². The summed E-state index contributed by atoms with van der Waals surface area (Å²) in [7, 11) is 0. The van der Waals surface area contributed by atoms with Crippen molar-refractivity contribution in [1.82, 2.24) is 35.3 Å². The molecule has 0 bridgehead atoms. The number of rotatable bonds is 6. The first-order valence-corrected chi connectivity index (χ1v) is 10.1. The molecule has 10 nitrogen and oxygen atoms in total. The van der Waals surface area contributed by atoms with Crippen molar-refractivity contribution < 1.29 is 4.79 Å². The van der Waals surface area contributed by atoms with Crippen LogP contribution in [0.25, 0.3) is 11.1 Å². The molecule has 1 fully saturated rings.